The molecule has 0 aliphatic rings. The minimum absolute atomic E-state index is 0.181. The van der Waals surface area contributed by atoms with Crippen LogP contribution >= 0.6 is 0 Å². The highest BCUT2D eigenvalue weighted by molar-refractivity contribution is 5.86. The van der Waals surface area contributed by atoms with Gasteiger partial charge in [0.1, 0.15) is 5.82 Å². The Labute approximate surface area is 104 Å². The molecule has 6 heteroatoms. The number of nitrogens with one attached hydrogen (secondary N) is 1. The van der Waals surface area contributed by atoms with Crippen LogP contribution < -0.4 is 5.32 Å². The summed E-state index contributed by atoms with van der Waals surface area (Å²) in [6.07, 6.45) is 1.73. The van der Waals surface area contributed by atoms with Crippen molar-refractivity contribution in [2.24, 2.45) is 0 Å². The molecule has 0 radical (unpaired) electrons. The van der Waals surface area contributed by atoms with Gasteiger partial charge in [0.25, 0.3) is 0 Å². The van der Waals surface area contributed by atoms with E-state index in [4.69, 9.17) is 0 Å². The van der Waals surface area contributed by atoms with Gasteiger partial charge in [-0.3, -0.25) is 4.98 Å². The average molecular weight is 244 g/mol. The number of esters is 1. The molecule has 0 aliphatic heterocycles. The predicted molar refractivity (Wildman–Crippen MR) is 64.9 cm³/mol. The highest BCUT2D eigenvalue weighted by Crippen LogP contribution is 2.04. The maximum atomic E-state index is 11.1. The van der Waals surface area contributed by atoms with Crippen molar-refractivity contribution in [2.75, 3.05) is 12.4 Å². The number of carbonyl (C=O) groups excluding carboxylic acids is 1. The third-order valence-electron chi connectivity index (χ3n) is 2.24. The number of hydrogen-bond donors (Lipinski definition) is 1. The predicted octanol–water partition coefficient (Wildman–Crippen LogP) is 1.27. The molecule has 0 atom stereocenters. The van der Waals surface area contributed by atoms with Crippen molar-refractivity contribution in [2.45, 2.75) is 6.54 Å². The van der Waals surface area contributed by atoms with E-state index in [9.17, 15) is 4.79 Å². The van der Waals surface area contributed by atoms with E-state index >= 15 is 0 Å². The van der Waals surface area contributed by atoms with E-state index < -0.39 is 5.97 Å². The number of carbonyl (C=O) groups is 1. The summed E-state index contributed by atoms with van der Waals surface area (Å²) in [4.78, 5) is 15.3. The molecular formula is C12H12N4O2. The highest BCUT2D eigenvalue weighted by Gasteiger charge is 2.07. The lowest BCUT2D eigenvalue weighted by Gasteiger charge is -2.04. The molecule has 2 rings (SSSR count). The van der Waals surface area contributed by atoms with Gasteiger partial charge in [0.15, 0.2) is 5.69 Å². The second kappa shape index (κ2) is 5.72. The van der Waals surface area contributed by atoms with Crippen LogP contribution in [-0.2, 0) is 11.3 Å². The van der Waals surface area contributed by atoms with Gasteiger partial charge in [0.05, 0.1) is 19.3 Å². The smallest absolute Gasteiger partial charge is 0.358 e. The third kappa shape index (κ3) is 3.00. The van der Waals surface area contributed by atoms with Crippen LogP contribution in [0.1, 0.15) is 16.2 Å². The molecule has 0 aromatic carbocycles. The van der Waals surface area contributed by atoms with Gasteiger partial charge < -0.3 is 10.1 Å². The fourth-order valence-corrected chi connectivity index (χ4v) is 1.32. The molecule has 0 fully saturated rings. The Balaban J connectivity index is 1.97. The first-order valence-corrected chi connectivity index (χ1v) is 5.35. The second-order valence-electron chi connectivity index (χ2n) is 3.47. The van der Waals surface area contributed by atoms with Crippen LogP contribution in [0, 0.1) is 0 Å². The lowest BCUT2D eigenvalue weighted by Crippen LogP contribution is -2.08. The number of rotatable bonds is 4. The van der Waals surface area contributed by atoms with Crippen molar-refractivity contribution < 1.29 is 9.53 Å². The van der Waals surface area contributed by atoms with Gasteiger partial charge in [-0.1, -0.05) is 6.07 Å². The number of hydrogen-bond acceptors (Lipinski definition) is 6. The van der Waals surface area contributed by atoms with E-state index in [-0.39, 0.29) is 5.69 Å². The fraction of sp³-hybridized carbons (Fsp3) is 0.167. The standard InChI is InChI=1S/C12H12N4O2/c1-18-12(17)10-5-6-11(16-15-10)14-8-9-4-2-3-7-13-9/h2-7H,8H2,1H3,(H,14,16). The van der Waals surface area contributed by atoms with E-state index in [1.165, 1.54) is 7.11 Å². The van der Waals surface area contributed by atoms with Gasteiger partial charge >= 0.3 is 5.97 Å². The first-order chi connectivity index (χ1) is 8.79. The van der Waals surface area contributed by atoms with Crippen LogP contribution in [0.4, 0.5) is 5.82 Å². The van der Waals surface area contributed by atoms with Crippen molar-refractivity contribution in [1.82, 2.24) is 15.2 Å². The van der Waals surface area contributed by atoms with Gasteiger partial charge in [0, 0.05) is 6.20 Å². The molecule has 0 aliphatic carbocycles. The Hall–Kier alpha value is -2.50. The Morgan fingerprint density at radius 1 is 1.28 bits per heavy atom. The summed E-state index contributed by atoms with van der Waals surface area (Å²) < 4.78 is 4.53. The number of pyridine rings is 1. The molecule has 0 amide bonds. The molecule has 0 unspecified atom stereocenters. The molecule has 2 aromatic heterocycles. The van der Waals surface area contributed by atoms with Gasteiger partial charge in [0.2, 0.25) is 0 Å². The van der Waals surface area contributed by atoms with E-state index in [1.54, 1.807) is 18.3 Å². The molecule has 1 N–H and O–H groups in total. The molecule has 92 valence electrons. The van der Waals surface area contributed by atoms with Crippen molar-refractivity contribution >= 4 is 11.8 Å². The number of nitrogens with zero attached hydrogens (tertiary/aromatic N) is 3. The van der Waals surface area contributed by atoms with Gasteiger partial charge in [-0.2, -0.15) is 0 Å². The van der Waals surface area contributed by atoms with Crippen LogP contribution in [0.2, 0.25) is 0 Å². The molecule has 2 aromatic rings. The van der Waals surface area contributed by atoms with E-state index in [0.29, 0.717) is 12.4 Å². The van der Waals surface area contributed by atoms with Gasteiger partial charge in [-0.25, -0.2) is 4.79 Å². The van der Waals surface area contributed by atoms with E-state index in [2.05, 4.69) is 25.2 Å². The summed E-state index contributed by atoms with van der Waals surface area (Å²) in [6, 6.07) is 8.90. The summed E-state index contributed by atoms with van der Waals surface area (Å²) in [5.41, 5.74) is 1.08. The number of ether oxygens (including phenoxy) is 1. The summed E-state index contributed by atoms with van der Waals surface area (Å²) in [6.45, 7) is 0.549. The zero-order chi connectivity index (χ0) is 12.8. The molecule has 0 saturated heterocycles. The van der Waals surface area contributed by atoms with Gasteiger partial charge in [-0.15, -0.1) is 10.2 Å². The average Bonchev–Trinajstić information content (AvgIpc) is 2.46. The molecule has 0 spiro atoms. The summed E-state index contributed by atoms with van der Waals surface area (Å²) in [5, 5.41) is 10.7. The summed E-state index contributed by atoms with van der Waals surface area (Å²) >= 11 is 0. The molecule has 0 saturated carbocycles. The Kier molecular flexibility index (Phi) is 3.80. The normalized spacial score (nSPS) is 9.83. The fourth-order valence-electron chi connectivity index (χ4n) is 1.32. The van der Waals surface area contributed by atoms with Crippen molar-refractivity contribution in [1.29, 1.82) is 0 Å². The third-order valence-corrected chi connectivity index (χ3v) is 2.24. The number of methoxy groups -OCH3 is 1. The highest BCUT2D eigenvalue weighted by atomic mass is 16.5. The SMILES string of the molecule is COC(=O)c1ccc(NCc2ccccn2)nn1. The first kappa shape index (κ1) is 12.0. The van der Waals surface area contributed by atoms with E-state index in [1.807, 2.05) is 18.2 Å². The zero-order valence-corrected chi connectivity index (χ0v) is 9.83. The first-order valence-electron chi connectivity index (χ1n) is 5.35. The Morgan fingerprint density at radius 3 is 2.78 bits per heavy atom. The summed E-state index contributed by atoms with van der Waals surface area (Å²) in [5.74, 6) is 0.0760. The minimum atomic E-state index is -0.501. The van der Waals surface area contributed by atoms with E-state index in [0.717, 1.165) is 5.69 Å². The topological polar surface area (TPSA) is 77.0 Å². The molecule has 0 bridgehead atoms. The van der Waals surface area contributed by atoms with Crippen molar-refractivity contribution in [3.63, 3.8) is 0 Å². The number of aromatic nitrogens is 3. The largest absolute Gasteiger partial charge is 0.464 e. The molecule has 6 nitrogen and oxygen atoms in total. The molecular weight excluding hydrogens is 232 g/mol. The lowest BCUT2D eigenvalue weighted by molar-refractivity contribution is 0.0593. The Bertz CT molecular complexity index is 513. The van der Waals surface area contributed by atoms with Crippen molar-refractivity contribution in [3.05, 3.63) is 47.9 Å². The van der Waals surface area contributed by atoms with Crippen molar-refractivity contribution in [3.8, 4) is 0 Å². The zero-order valence-electron chi connectivity index (χ0n) is 9.83. The maximum absolute atomic E-state index is 11.1. The van der Waals surface area contributed by atoms with Crippen LogP contribution in [0.15, 0.2) is 36.5 Å². The quantitative estimate of drug-likeness (QED) is 0.816. The molecule has 18 heavy (non-hydrogen) atoms. The number of anilines is 1. The second-order valence-corrected chi connectivity index (χ2v) is 3.47. The maximum Gasteiger partial charge on any atom is 0.358 e. The lowest BCUT2D eigenvalue weighted by atomic mass is 10.3. The molecule has 2 heterocycles. The summed E-state index contributed by atoms with van der Waals surface area (Å²) in [7, 11) is 1.30. The van der Waals surface area contributed by atoms with Gasteiger partial charge in [-0.05, 0) is 24.3 Å². The monoisotopic (exact) mass is 244 g/mol. The van der Waals surface area contributed by atoms with Crippen LogP contribution in [0.25, 0.3) is 0 Å². The Morgan fingerprint density at radius 2 is 2.17 bits per heavy atom. The van der Waals surface area contributed by atoms with Crippen LogP contribution in [0.3, 0.4) is 0 Å². The van der Waals surface area contributed by atoms with Crippen LogP contribution in [0.5, 0.6) is 0 Å². The van der Waals surface area contributed by atoms with Crippen LogP contribution in [-0.4, -0.2) is 28.3 Å². The minimum Gasteiger partial charge on any atom is -0.464 e.